The van der Waals surface area contributed by atoms with Gasteiger partial charge in [-0.2, -0.15) is 0 Å². The Labute approximate surface area is 173 Å². The fourth-order valence-electron chi connectivity index (χ4n) is 4.07. The van der Waals surface area contributed by atoms with Crippen molar-refractivity contribution in [2.24, 2.45) is 0 Å². The largest absolute Gasteiger partial charge is 0.379 e. The maximum atomic E-state index is 13.1. The van der Waals surface area contributed by atoms with Crippen molar-refractivity contribution < 1.29 is 19.1 Å². The first-order valence-corrected chi connectivity index (χ1v) is 10.7. The van der Waals surface area contributed by atoms with Crippen LogP contribution >= 0.6 is 0 Å². The number of anilines is 1. The van der Waals surface area contributed by atoms with Gasteiger partial charge in [0.25, 0.3) is 5.91 Å². The normalized spacial score (nSPS) is 22.0. The highest BCUT2D eigenvalue weighted by Gasteiger charge is 2.36. The predicted octanol–water partition coefficient (Wildman–Crippen LogP) is 1.77. The first-order valence-electron chi connectivity index (χ1n) is 10.7. The molecule has 2 atom stereocenters. The number of benzene rings is 1. The van der Waals surface area contributed by atoms with E-state index in [1.165, 1.54) is 0 Å². The van der Waals surface area contributed by atoms with Gasteiger partial charge < -0.3 is 19.3 Å². The quantitative estimate of drug-likeness (QED) is 0.619. The summed E-state index contributed by atoms with van der Waals surface area (Å²) in [5.74, 6) is 0.192. The minimum atomic E-state index is -0.466. The first kappa shape index (κ1) is 21.7. The van der Waals surface area contributed by atoms with Gasteiger partial charge in [0.15, 0.2) is 0 Å². The number of hydrogen-bond acceptors (Lipinski definition) is 5. The highest BCUT2D eigenvalue weighted by atomic mass is 16.5. The third-order valence-corrected chi connectivity index (χ3v) is 5.69. The van der Waals surface area contributed by atoms with Gasteiger partial charge in [-0.15, -0.1) is 0 Å². The van der Waals surface area contributed by atoms with Gasteiger partial charge in [-0.1, -0.05) is 18.2 Å². The molecule has 7 nitrogen and oxygen atoms in total. The standard InChI is InChI=1S/C22H33N3O4/c1-3-28-16-17-29-18(2)21(26)24-14-12-23(13-15-24)20-10-7-11-25(22(20)27)19-8-5-4-6-9-19/h4-6,8-9,18,20H,3,7,10-17H2,1-2H3/t18-,20+/m1/s1. The summed E-state index contributed by atoms with van der Waals surface area (Å²) in [4.78, 5) is 31.7. The van der Waals surface area contributed by atoms with Gasteiger partial charge in [-0.05, 0) is 38.8 Å². The summed E-state index contributed by atoms with van der Waals surface area (Å²) in [5, 5.41) is 0. The Balaban J connectivity index is 1.49. The summed E-state index contributed by atoms with van der Waals surface area (Å²) in [5.41, 5.74) is 0.967. The molecule has 0 bridgehead atoms. The van der Waals surface area contributed by atoms with E-state index in [0.717, 1.165) is 38.2 Å². The van der Waals surface area contributed by atoms with Gasteiger partial charge in [0.2, 0.25) is 5.91 Å². The lowest BCUT2D eigenvalue weighted by Crippen LogP contribution is -2.59. The predicted molar refractivity (Wildman–Crippen MR) is 112 cm³/mol. The van der Waals surface area contributed by atoms with Crippen LogP contribution in [0.25, 0.3) is 0 Å². The van der Waals surface area contributed by atoms with Crippen LogP contribution in [0.2, 0.25) is 0 Å². The zero-order valence-corrected chi connectivity index (χ0v) is 17.6. The second-order valence-electron chi connectivity index (χ2n) is 7.55. The summed E-state index contributed by atoms with van der Waals surface area (Å²) in [7, 11) is 0. The van der Waals surface area contributed by atoms with Crippen LogP contribution in [0.15, 0.2) is 30.3 Å². The van der Waals surface area contributed by atoms with E-state index in [2.05, 4.69) is 4.90 Å². The Morgan fingerprint density at radius 2 is 1.83 bits per heavy atom. The lowest BCUT2D eigenvalue weighted by Gasteiger charge is -2.42. The summed E-state index contributed by atoms with van der Waals surface area (Å²) in [6.07, 6.45) is 1.41. The molecule has 7 heteroatoms. The number of rotatable bonds is 8. The third kappa shape index (κ3) is 5.56. The molecular weight excluding hydrogens is 370 g/mol. The zero-order chi connectivity index (χ0) is 20.6. The van der Waals surface area contributed by atoms with Gasteiger partial charge in [-0.3, -0.25) is 14.5 Å². The number of piperidine rings is 1. The Morgan fingerprint density at radius 3 is 2.52 bits per heavy atom. The average molecular weight is 404 g/mol. The van der Waals surface area contributed by atoms with Crippen molar-refractivity contribution in [1.82, 2.24) is 9.80 Å². The number of carbonyl (C=O) groups excluding carboxylic acids is 2. The van der Waals surface area contributed by atoms with Crippen LogP contribution in [-0.4, -0.2) is 86.3 Å². The summed E-state index contributed by atoms with van der Waals surface area (Å²) < 4.78 is 10.8. The number of para-hydroxylation sites is 1. The minimum Gasteiger partial charge on any atom is -0.379 e. The monoisotopic (exact) mass is 403 g/mol. The number of carbonyl (C=O) groups is 2. The van der Waals surface area contributed by atoms with Gasteiger partial charge in [-0.25, -0.2) is 0 Å². The number of amides is 2. The van der Waals surface area contributed by atoms with Crippen LogP contribution in [0, 0.1) is 0 Å². The molecule has 2 saturated heterocycles. The molecule has 2 fully saturated rings. The third-order valence-electron chi connectivity index (χ3n) is 5.69. The molecule has 0 N–H and O–H groups in total. The van der Waals surface area contributed by atoms with Crippen molar-refractivity contribution in [2.45, 2.75) is 38.8 Å². The number of piperazine rings is 1. The molecule has 2 heterocycles. The molecule has 0 unspecified atom stereocenters. The number of nitrogens with zero attached hydrogens (tertiary/aromatic N) is 3. The Kier molecular flexibility index (Phi) is 8.03. The molecule has 0 spiro atoms. The highest BCUT2D eigenvalue weighted by Crippen LogP contribution is 2.24. The number of hydrogen-bond donors (Lipinski definition) is 0. The van der Waals surface area contributed by atoms with Gasteiger partial charge in [0, 0.05) is 45.0 Å². The second kappa shape index (κ2) is 10.7. The second-order valence-corrected chi connectivity index (χ2v) is 7.55. The van der Waals surface area contributed by atoms with Crippen LogP contribution in [0.4, 0.5) is 5.69 Å². The van der Waals surface area contributed by atoms with Crippen molar-refractivity contribution in [1.29, 1.82) is 0 Å². The maximum absolute atomic E-state index is 13.1. The molecule has 0 aromatic heterocycles. The lowest BCUT2D eigenvalue weighted by molar-refractivity contribution is -0.146. The minimum absolute atomic E-state index is 0.0158. The molecule has 3 rings (SSSR count). The Morgan fingerprint density at radius 1 is 1.10 bits per heavy atom. The Bertz CT molecular complexity index is 661. The van der Waals surface area contributed by atoms with Crippen molar-refractivity contribution in [3.05, 3.63) is 30.3 Å². The average Bonchev–Trinajstić information content (AvgIpc) is 2.77. The molecule has 0 saturated carbocycles. The number of ether oxygens (including phenoxy) is 2. The van der Waals surface area contributed by atoms with E-state index in [9.17, 15) is 9.59 Å². The molecule has 0 aliphatic carbocycles. The van der Waals surface area contributed by atoms with E-state index in [1.807, 2.05) is 47.1 Å². The van der Waals surface area contributed by atoms with E-state index in [1.54, 1.807) is 6.92 Å². The SMILES string of the molecule is CCOCCO[C@H](C)C(=O)N1CCN([C@H]2CCCN(c3ccccc3)C2=O)CC1. The lowest BCUT2D eigenvalue weighted by atomic mass is 10.0. The molecule has 160 valence electrons. The van der Waals surface area contributed by atoms with Crippen molar-refractivity contribution in [3.63, 3.8) is 0 Å². The van der Waals surface area contributed by atoms with E-state index in [0.29, 0.717) is 32.9 Å². The van der Waals surface area contributed by atoms with E-state index >= 15 is 0 Å². The van der Waals surface area contributed by atoms with Gasteiger partial charge in [0.05, 0.1) is 19.3 Å². The fraction of sp³-hybridized carbons (Fsp3) is 0.636. The molecule has 1 aromatic rings. The summed E-state index contributed by atoms with van der Waals surface area (Å²) >= 11 is 0. The van der Waals surface area contributed by atoms with Crippen LogP contribution < -0.4 is 4.90 Å². The smallest absolute Gasteiger partial charge is 0.251 e. The summed E-state index contributed by atoms with van der Waals surface area (Å²) in [6.45, 7) is 8.78. The van der Waals surface area contributed by atoms with E-state index < -0.39 is 6.10 Å². The fourth-order valence-corrected chi connectivity index (χ4v) is 4.07. The molecule has 2 aliphatic rings. The molecule has 1 aromatic carbocycles. The zero-order valence-electron chi connectivity index (χ0n) is 17.6. The Hall–Kier alpha value is -1.96. The van der Waals surface area contributed by atoms with E-state index in [-0.39, 0.29) is 17.9 Å². The van der Waals surface area contributed by atoms with Gasteiger partial charge >= 0.3 is 0 Å². The van der Waals surface area contributed by atoms with Crippen LogP contribution in [0.1, 0.15) is 26.7 Å². The molecular formula is C22H33N3O4. The van der Waals surface area contributed by atoms with Crippen molar-refractivity contribution in [3.8, 4) is 0 Å². The topological polar surface area (TPSA) is 62.3 Å². The molecule has 0 radical (unpaired) electrons. The maximum Gasteiger partial charge on any atom is 0.251 e. The molecule has 2 aliphatic heterocycles. The van der Waals surface area contributed by atoms with Crippen LogP contribution in [-0.2, 0) is 19.1 Å². The summed E-state index contributed by atoms with van der Waals surface area (Å²) in [6, 6.07) is 9.78. The molecule has 2 amide bonds. The first-order chi connectivity index (χ1) is 14.1. The molecule has 29 heavy (non-hydrogen) atoms. The van der Waals surface area contributed by atoms with Crippen molar-refractivity contribution >= 4 is 17.5 Å². The highest BCUT2D eigenvalue weighted by molar-refractivity contribution is 5.97. The van der Waals surface area contributed by atoms with Crippen molar-refractivity contribution in [2.75, 3.05) is 57.4 Å². The van der Waals surface area contributed by atoms with E-state index in [4.69, 9.17) is 9.47 Å². The van der Waals surface area contributed by atoms with Crippen LogP contribution in [0.5, 0.6) is 0 Å². The van der Waals surface area contributed by atoms with Gasteiger partial charge in [0.1, 0.15) is 6.10 Å². The van der Waals surface area contributed by atoms with Crippen LogP contribution in [0.3, 0.4) is 0 Å².